The molecule has 0 fully saturated rings. The molecule has 0 atom stereocenters. The van der Waals surface area contributed by atoms with Crippen LogP contribution in [0.2, 0.25) is 0 Å². The highest BCUT2D eigenvalue weighted by Crippen LogP contribution is 2.29. The highest BCUT2D eigenvalue weighted by molar-refractivity contribution is 7.89. The molecule has 0 spiro atoms. The van der Waals surface area contributed by atoms with E-state index in [1.807, 2.05) is 43.3 Å². The molecule has 2 heterocycles. The van der Waals surface area contributed by atoms with Crippen LogP contribution in [-0.2, 0) is 42.0 Å². The van der Waals surface area contributed by atoms with Crippen LogP contribution in [-0.4, -0.2) is 35.0 Å². The molecule has 0 saturated heterocycles. The van der Waals surface area contributed by atoms with Gasteiger partial charge in [-0.1, -0.05) is 62.7 Å². The van der Waals surface area contributed by atoms with Crippen LogP contribution in [0.1, 0.15) is 59.2 Å². The van der Waals surface area contributed by atoms with Crippen LogP contribution in [0.5, 0.6) is 0 Å². The Morgan fingerprint density at radius 2 is 1.82 bits per heavy atom. The number of nitrogens with one attached hydrogen (secondary N) is 1. The Balaban J connectivity index is 1.55. The number of carbonyl (C=O) groups excluding carboxylic acids is 1. The number of carbonyl (C=O) groups is 1. The van der Waals surface area contributed by atoms with Crippen molar-refractivity contribution in [3.8, 4) is 0 Å². The standard InChI is InChI=1S/C26H32N4O3S/c1-18-7-6-8-19(15-18)16-27-25(31)24-22-17-30(14-13-23(22)29(5)28-24)34(32,33)21-11-9-20(10-12-21)26(2,3)4/h6-12,15H,13-14,16-17H2,1-5H3,(H,27,31). The molecule has 1 aliphatic rings. The van der Waals surface area contributed by atoms with Crippen LogP contribution in [0.25, 0.3) is 0 Å². The molecule has 3 aromatic rings. The van der Waals surface area contributed by atoms with Crippen LogP contribution < -0.4 is 5.32 Å². The summed E-state index contributed by atoms with van der Waals surface area (Å²) in [5.74, 6) is -0.299. The lowest BCUT2D eigenvalue weighted by Crippen LogP contribution is -2.37. The van der Waals surface area contributed by atoms with Crippen molar-refractivity contribution >= 4 is 15.9 Å². The van der Waals surface area contributed by atoms with Crippen molar-refractivity contribution in [2.45, 2.75) is 57.5 Å². The Morgan fingerprint density at radius 1 is 1.12 bits per heavy atom. The molecule has 8 heteroatoms. The van der Waals surface area contributed by atoms with Gasteiger partial charge in [0.2, 0.25) is 10.0 Å². The number of benzene rings is 2. The Bertz CT molecular complexity index is 1320. The molecule has 4 rings (SSSR count). The number of aromatic nitrogens is 2. The number of fused-ring (bicyclic) bond motifs is 1. The first-order valence-electron chi connectivity index (χ1n) is 11.5. The van der Waals surface area contributed by atoms with Gasteiger partial charge in [0.05, 0.1) is 4.90 Å². The van der Waals surface area contributed by atoms with E-state index in [2.05, 4.69) is 31.2 Å². The maximum absolute atomic E-state index is 13.4. The Morgan fingerprint density at radius 3 is 2.47 bits per heavy atom. The van der Waals surface area contributed by atoms with Crippen molar-refractivity contribution in [2.24, 2.45) is 7.05 Å². The average Bonchev–Trinajstić information content (AvgIpc) is 3.13. The topological polar surface area (TPSA) is 84.3 Å². The lowest BCUT2D eigenvalue weighted by molar-refractivity contribution is 0.0943. The number of sulfonamides is 1. The van der Waals surface area contributed by atoms with Crippen LogP contribution in [0.4, 0.5) is 0 Å². The highest BCUT2D eigenvalue weighted by Gasteiger charge is 2.33. The fourth-order valence-corrected chi connectivity index (χ4v) is 5.73. The van der Waals surface area contributed by atoms with Gasteiger partial charge in [0.1, 0.15) is 0 Å². The molecule has 0 aliphatic carbocycles. The van der Waals surface area contributed by atoms with Gasteiger partial charge in [-0.3, -0.25) is 9.48 Å². The lowest BCUT2D eigenvalue weighted by Gasteiger charge is -2.27. The summed E-state index contributed by atoms with van der Waals surface area (Å²) in [6.45, 7) is 9.14. The monoisotopic (exact) mass is 480 g/mol. The van der Waals surface area contributed by atoms with Gasteiger partial charge < -0.3 is 5.32 Å². The summed E-state index contributed by atoms with van der Waals surface area (Å²) in [5.41, 5.74) is 5.00. The number of hydrogen-bond donors (Lipinski definition) is 1. The van der Waals surface area contributed by atoms with Gasteiger partial charge in [-0.2, -0.15) is 9.40 Å². The summed E-state index contributed by atoms with van der Waals surface area (Å²) >= 11 is 0. The minimum absolute atomic E-state index is 0.0568. The molecule has 0 bridgehead atoms. The summed E-state index contributed by atoms with van der Waals surface area (Å²) in [7, 11) is -1.90. The van der Waals surface area contributed by atoms with Crippen molar-refractivity contribution in [3.63, 3.8) is 0 Å². The maximum Gasteiger partial charge on any atom is 0.272 e. The van der Waals surface area contributed by atoms with Crippen molar-refractivity contribution in [1.29, 1.82) is 0 Å². The second-order valence-corrected chi connectivity index (χ2v) is 11.9. The van der Waals surface area contributed by atoms with Gasteiger partial charge in [-0.25, -0.2) is 8.42 Å². The minimum atomic E-state index is -3.70. The molecule has 0 radical (unpaired) electrons. The van der Waals surface area contributed by atoms with E-state index in [1.54, 1.807) is 23.9 Å². The van der Waals surface area contributed by atoms with Gasteiger partial charge in [-0.05, 0) is 35.6 Å². The fourth-order valence-electron chi connectivity index (χ4n) is 4.32. The third kappa shape index (κ3) is 4.79. The third-order valence-electron chi connectivity index (χ3n) is 6.32. The molecule has 1 aromatic heterocycles. The van der Waals surface area contributed by atoms with Gasteiger partial charge in [0.25, 0.3) is 5.91 Å². The smallest absolute Gasteiger partial charge is 0.272 e. The maximum atomic E-state index is 13.4. The van der Waals surface area contributed by atoms with E-state index in [4.69, 9.17) is 0 Å². The molecule has 1 N–H and O–H groups in total. The SMILES string of the molecule is Cc1cccc(CNC(=O)c2nn(C)c3c2CN(S(=O)(=O)c2ccc(C(C)(C)C)cc2)CC3)c1. The molecule has 1 amide bonds. The summed E-state index contributed by atoms with van der Waals surface area (Å²) in [6.07, 6.45) is 0.503. The van der Waals surface area contributed by atoms with Crippen molar-refractivity contribution in [2.75, 3.05) is 6.54 Å². The third-order valence-corrected chi connectivity index (χ3v) is 8.18. The molecular weight excluding hydrogens is 448 g/mol. The molecule has 2 aromatic carbocycles. The first kappa shape index (κ1) is 24.2. The predicted molar refractivity (Wildman–Crippen MR) is 132 cm³/mol. The summed E-state index contributed by atoms with van der Waals surface area (Å²) in [6, 6.07) is 15.0. The molecule has 0 saturated carbocycles. The quantitative estimate of drug-likeness (QED) is 0.604. The Hall–Kier alpha value is -2.97. The summed E-state index contributed by atoms with van der Waals surface area (Å²) in [4.78, 5) is 13.3. The van der Waals surface area contributed by atoms with E-state index in [1.165, 1.54) is 4.31 Å². The largest absolute Gasteiger partial charge is 0.347 e. The van der Waals surface area contributed by atoms with Gasteiger partial charge >= 0.3 is 0 Å². The van der Waals surface area contributed by atoms with Gasteiger partial charge in [0, 0.05) is 44.4 Å². The lowest BCUT2D eigenvalue weighted by atomic mass is 9.87. The minimum Gasteiger partial charge on any atom is -0.347 e. The van der Waals surface area contributed by atoms with Crippen molar-refractivity contribution < 1.29 is 13.2 Å². The Labute approximate surface area is 201 Å². The summed E-state index contributed by atoms with van der Waals surface area (Å²) in [5, 5.41) is 7.36. The van der Waals surface area contributed by atoms with Gasteiger partial charge in [0.15, 0.2) is 5.69 Å². The van der Waals surface area contributed by atoms with Crippen molar-refractivity contribution in [3.05, 3.63) is 82.2 Å². The zero-order valence-corrected chi connectivity index (χ0v) is 21.2. The number of aryl methyl sites for hydroxylation is 2. The number of rotatable bonds is 5. The molecule has 7 nitrogen and oxygen atoms in total. The Kier molecular flexibility index (Phi) is 6.40. The number of hydrogen-bond acceptors (Lipinski definition) is 4. The highest BCUT2D eigenvalue weighted by atomic mass is 32.2. The molecule has 180 valence electrons. The predicted octanol–water partition coefficient (Wildman–Crippen LogP) is 3.70. The van der Waals surface area contributed by atoms with Gasteiger partial charge in [-0.15, -0.1) is 0 Å². The first-order valence-corrected chi connectivity index (χ1v) is 12.9. The molecule has 34 heavy (non-hydrogen) atoms. The van der Waals surface area contributed by atoms with E-state index in [0.717, 1.165) is 22.4 Å². The normalized spacial score (nSPS) is 14.6. The number of nitrogens with zero attached hydrogens (tertiary/aromatic N) is 3. The van der Waals surface area contributed by atoms with Crippen molar-refractivity contribution in [1.82, 2.24) is 19.4 Å². The van der Waals surface area contributed by atoms with Crippen LogP contribution in [0.15, 0.2) is 53.4 Å². The van der Waals surface area contributed by atoms with E-state index in [9.17, 15) is 13.2 Å². The molecule has 0 unspecified atom stereocenters. The van der Waals surface area contributed by atoms with E-state index in [-0.39, 0.29) is 28.5 Å². The van der Waals surface area contributed by atoms with Crippen LogP contribution >= 0.6 is 0 Å². The van der Waals surface area contributed by atoms with Crippen LogP contribution in [0.3, 0.4) is 0 Å². The van der Waals surface area contributed by atoms with Crippen LogP contribution in [0, 0.1) is 6.92 Å². The molecule has 1 aliphatic heterocycles. The number of amides is 1. The second-order valence-electron chi connectivity index (χ2n) is 9.93. The fraction of sp³-hybridized carbons (Fsp3) is 0.385. The zero-order valence-electron chi connectivity index (χ0n) is 20.4. The van der Waals surface area contributed by atoms with E-state index in [0.29, 0.717) is 25.1 Å². The van der Waals surface area contributed by atoms with E-state index < -0.39 is 10.0 Å². The van der Waals surface area contributed by atoms with E-state index >= 15 is 0 Å². The second kappa shape index (κ2) is 9.00. The first-order chi connectivity index (χ1) is 16.0. The zero-order chi connectivity index (χ0) is 24.7. The average molecular weight is 481 g/mol. The summed E-state index contributed by atoms with van der Waals surface area (Å²) < 4.78 is 29.9. The molecular formula is C26H32N4O3S.